The Kier molecular flexibility index (Phi) is 46.9. The number of phenols is 2. The van der Waals surface area contributed by atoms with Gasteiger partial charge in [-0.15, -0.1) is 23.4 Å². The molecule has 44 heteroatoms. The number of nitrogens with zero attached hydrogens (tertiary/aromatic N) is 20. The van der Waals surface area contributed by atoms with Crippen LogP contribution >= 0.6 is 11.6 Å². The maximum atomic E-state index is 12.0. The lowest BCUT2D eigenvalue weighted by Crippen LogP contribution is -2.49. The fourth-order valence-corrected chi connectivity index (χ4v) is 14.7. The van der Waals surface area contributed by atoms with E-state index in [-0.39, 0.29) is 23.9 Å². The van der Waals surface area contributed by atoms with Crippen molar-refractivity contribution in [1.29, 1.82) is 0 Å². The highest BCUT2D eigenvalue weighted by Gasteiger charge is 2.30. The maximum absolute atomic E-state index is 12.0. The van der Waals surface area contributed by atoms with Gasteiger partial charge in [-0.25, -0.2) is 39.5 Å². The zero-order chi connectivity index (χ0) is 101. The van der Waals surface area contributed by atoms with E-state index in [9.17, 15) is 27.9 Å². The van der Waals surface area contributed by atoms with Crippen molar-refractivity contribution in [1.82, 2.24) is 85.3 Å². The summed E-state index contributed by atoms with van der Waals surface area (Å²) in [5.74, 6) is 5.79. The minimum atomic E-state index is -4.65. The maximum Gasteiger partial charge on any atom is 0.522 e. The summed E-state index contributed by atoms with van der Waals surface area (Å²) in [5, 5.41) is 38.7. The number of piperazine rings is 5. The molecule has 5 aliphatic heterocycles. The van der Waals surface area contributed by atoms with Crippen molar-refractivity contribution in [2.75, 3.05) is 290 Å². The van der Waals surface area contributed by atoms with Crippen molar-refractivity contribution in [2.24, 2.45) is 21.5 Å². The molecule has 141 heavy (non-hydrogen) atoms. The summed E-state index contributed by atoms with van der Waals surface area (Å²) in [7, 11) is 10.9. The lowest BCUT2D eigenvalue weighted by atomic mass is 10.2. The molecule has 772 valence electrons. The fourth-order valence-electron chi connectivity index (χ4n) is 14.6. The van der Waals surface area contributed by atoms with Crippen LogP contribution in [0.15, 0.2) is 176 Å². The minimum Gasteiger partial charge on any atom is -0.508 e. The summed E-state index contributed by atoms with van der Waals surface area (Å²) in [6.45, 7) is 39.5. The van der Waals surface area contributed by atoms with Crippen LogP contribution in [0.3, 0.4) is 0 Å². The van der Waals surface area contributed by atoms with Crippen molar-refractivity contribution < 1.29 is 79.7 Å². The third-order valence-corrected chi connectivity index (χ3v) is 22.5. The standard InChI is InChI=1S/C24H30F3N9O3.C21H35N3O4.C18H29N3O3.C16H27N3O2.C10H14N2O.C8H7ClN6O/c1-34(21(30-17-28)16-20-31-22(33-32-20)23-29-6-13-38-23)7-8-35-9-11-36(12-10-35)18-2-4-19(5-3-18)37-14-15-39-24(25,26)27;1-21(2,3)28-20(25)22(4)10-11-23-12-14-24(15-13-23)18-6-8-19(9-7-18)27-17-16-26-5;1-18(2,3)24-17(23)19(4)9-10-20-11-13-21(14-12-20)15-5-7-16(22)8-6-15;1-17-7-8-18-9-11-19(12-10-18)15-3-5-16(6-4-15)21-14-13-20-2;13-10-3-1-9(2-4-10)12-7-5-11-6-8-12;9-5(12-4-10)3-6-13-7(15-14-6)8-11-1-2-16-8/h2-6,13,16-17H,7-12,14-15H2,1H3,(H2,28,30)(H,31,32,33);6-9H,10-17H2,1-5H3;5-8,22H,9-14H2,1-4H3;3-6,17H,7-14H2,1-2H3;1-4,11,13H,5-8H2;1-4H,(H2,10,12)(H,13,14,15)/b21-16+;;;;;5-3-. The van der Waals surface area contributed by atoms with E-state index in [4.69, 9.17) is 70.2 Å². The molecule has 4 aromatic heterocycles. The topological polar surface area (TPSA) is 423 Å². The van der Waals surface area contributed by atoms with Crippen molar-refractivity contribution in [3.63, 3.8) is 0 Å². The van der Waals surface area contributed by atoms with Crippen LogP contribution in [0.25, 0.3) is 35.6 Å². The zero-order valence-corrected chi connectivity index (χ0v) is 83.9. The Balaban J connectivity index is 0.000000195. The number of anilines is 5. The van der Waals surface area contributed by atoms with E-state index in [1.54, 1.807) is 80.6 Å². The molecule has 0 saturated carbocycles. The van der Waals surface area contributed by atoms with Crippen molar-refractivity contribution in [2.45, 2.75) is 59.1 Å². The van der Waals surface area contributed by atoms with Crippen LogP contribution < -0.4 is 60.8 Å². The molecule has 2 amide bonds. The van der Waals surface area contributed by atoms with Crippen LogP contribution in [0.2, 0.25) is 0 Å². The smallest absolute Gasteiger partial charge is 0.508 e. The van der Waals surface area contributed by atoms with E-state index in [1.165, 1.54) is 54.4 Å². The number of benzene rings is 5. The van der Waals surface area contributed by atoms with Crippen LogP contribution in [0.4, 0.5) is 51.2 Å². The number of amides is 2. The van der Waals surface area contributed by atoms with Crippen LogP contribution in [0, 0.1) is 0 Å². The van der Waals surface area contributed by atoms with Crippen LogP contribution in [0.5, 0.6) is 28.7 Å². The molecular weight excluding hydrogens is 1850 g/mol. The van der Waals surface area contributed by atoms with E-state index >= 15 is 0 Å². The highest BCUT2D eigenvalue weighted by atomic mass is 35.5. The molecule has 10 N–H and O–H groups in total. The van der Waals surface area contributed by atoms with Gasteiger partial charge in [0.25, 0.3) is 11.8 Å². The molecule has 0 atom stereocenters. The van der Waals surface area contributed by atoms with Crippen LogP contribution in [0.1, 0.15) is 53.2 Å². The molecule has 5 aromatic carbocycles. The number of alkyl halides is 3. The number of ether oxygens (including phenoxy) is 8. The molecule has 9 aromatic rings. The number of nitrogens with one attached hydrogen (secondary N) is 4. The number of halogens is 4. The summed E-state index contributed by atoms with van der Waals surface area (Å²) >= 11 is 5.71. The fraction of sp³-hybridized carbons (Fsp3) is 0.505. The quantitative estimate of drug-likeness (QED) is 0.00782. The Hall–Kier alpha value is -12.7. The molecular formula is C97H142ClF3N26O14. The normalized spacial score (nSPS) is 15.4. The number of hydrogen-bond acceptors (Lipinski definition) is 34. The molecule has 0 unspecified atom stereocenters. The number of methoxy groups -OCH3 is 2. The van der Waals surface area contributed by atoms with Gasteiger partial charge in [0.15, 0.2) is 11.6 Å². The lowest BCUT2D eigenvalue weighted by Gasteiger charge is -2.37. The number of hydrogen-bond donors (Lipinski definition) is 8. The Morgan fingerprint density at radius 2 is 0.809 bits per heavy atom. The summed E-state index contributed by atoms with van der Waals surface area (Å²) < 4.78 is 87.3. The van der Waals surface area contributed by atoms with E-state index in [1.807, 2.05) is 121 Å². The Labute approximate surface area is 829 Å². The van der Waals surface area contributed by atoms with Gasteiger partial charge in [-0.3, -0.25) is 34.5 Å². The number of likely N-dealkylation sites (N-methyl/N-ethyl adjacent to an activating group) is 4. The molecule has 14 rings (SSSR count). The predicted octanol–water partition coefficient (Wildman–Crippen LogP) is 10.3. The first kappa shape index (κ1) is 112. The average Bonchev–Trinajstić information content (AvgIpc) is 1.64. The summed E-state index contributed by atoms with van der Waals surface area (Å²) in [6, 6.07) is 38.6. The van der Waals surface area contributed by atoms with Crippen molar-refractivity contribution in [3.8, 4) is 52.2 Å². The number of aromatic amines is 2. The number of carbonyl (C=O) groups excluding carboxylic acids is 2. The Morgan fingerprint density at radius 1 is 0.475 bits per heavy atom. The molecule has 40 nitrogen and oxygen atoms in total. The largest absolute Gasteiger partial charge is 0.522 e. The predicted molar refractivity (Wildman–Crippen MR) is 543 cm³/mol. The zero-order valence-electron chi connectivity index (χ0n) is 83.1. The number of rotatable bonds is 36. The number of nitrogens with two attached hydrogens (primary N) is 2. The number of aromatic hydroxyl groups is 2. The highest BCUT2D eigenvalue weighted by molar-refractivity contribution is 6.31. The number of aromatic nitrogens is 8. The SMILES string of the molecule is CN(CCN1CCN(c2ccc(O)cc2)CC1)C(=O)OC(C)(C)C.CN(CCN1CCN(c2ccc(OCCOC(F)(F)F)cc2)CC1)/C(=C/c1nc(-c2ncco2)n[nH]1)N=CN.CNCCN1CCN(c2ccc(OCCOC)cc2)CC1.COCCOc1ccc(N2CCN(CCN(C)C(=O)OC(C)(C)C)CC2)cc1.NC=N/C(Cl)=C\c1nc(-c2ncco2)n[nH]1.Oc1ccc(N2CCNCC2)cc1. The molecule has 5 aliphatic rings. The second kappa shape index (κ2) is 59.1. The number of aliphatic imine (C=N–C) groups is 2. The van der Waals surface area contributed by atoms with E-state index in [2.05, 4.69) is 134 Å². The van der Waals surface area contributed by atoms with Gasteiger partial charge in [-0.2, -0.15) is 0 Å². The molecule has 0 radical (unpaired) electrons. The molecule has 0 bridgehead atoms. The first-order chi connectivity index (χ1) is 67.8. The van der Waals surface area contributed by atoms with Crippen molar-refractivity contribution >= 4 is 77.1 Å². The number of phenolic OH excluding ortho intramolecular Hbond substituents is 2. The first-order valence-electron chi connectivity index (χ1n) is 47.1. The Bertz CT molecular complexity index is 5080. The molecule has 0 spiro atoms. The minimum absolute atomic E-state index is 0.179. The van der Waals surface area contributed by atoms with Crippen LogP contribution in [-0.4, -0.2) is 393 Å². The second-order valence-electron chi connectivity index (χ2n) is 35.0. The summed E-state index contributed by atoms with van der Waals surface area (Å²) in [5.41, 5.74) is 15.6. The number of H-pyrrole nitrogens is 2. The third-order valence-electron chi connectivity index (χ3n) is 22.3. The van der Waals surface area contributed by atoms with Gasteiger partial charge in [-0.1, -0.05) is 11.6 Å². The van der Waals surface area contributed by atoms with Gasteiger partial charge in [0.05, 0.1) is 44.9 Å². The molecule has 5 saturated heterocycles. The molecule has 9 heterocycles. The van der Waals surface area contributed by atoms with E-state index in [0.29, 0.717) is 104 Å². The molecule has 5 fully saturated rings. The third kappa shape index (κ3) is 41.9. The molecule has 0 aliphatic carbocycles. The average molecular weight is 1990 g/mol. The van der Waals surface area contributed by atoms with Gasteiger partial charge in [-0.05, 0) is 170 Å². The van der Waals surface area contributed by atoms with Gasteiger partial charge < -0.3 is 114 Å². The number of oxazole rings is 2. The first-order valence-corrected chi connectivity index (χ1v) is 47.5. The van der Waals surface area contributed by atoms with Crippen molar-refractivity contribution in [3.05, 3.63) is 169 Å². The monoisotopic (exact) mass is 1990 g/mol. The van der Waals surface area contributed by atoms with Crippen LogP contribution in [-0.2, 0) is 23.7 Å². The number of carbonyl (C=O) groups is 2. The van der Waals surface area contributed by atoms with Gasteiger partial charge in [0.2, 0.25) is 11.6 Å². The van der Waals surface area contributed by atoms with Gasteiger partial charge >= 0.3 is 18.5 Å². The highest BCUT2D eigenvalue weighted by Crippen LogP contribution is 2.28. The van der Waals surface area contributed by atoms with Gasteiger partial charge in [0.1, 0.15) is 83.3 Å². The van der Waals surface area contributed by atoms with E-state index in [0.717, 1.165) is 193 Å². The Morgan fingerprint density at radius 3 is 1.13 bits per heavy atom. The van der Waals surface area contributed by atoms with E-state index < -0.39 is 24.2 Å². The second-order valence-corrected chi connectivity index (χ2v) is 35.4. The lowest BCUT2D eigenvalue weighted by molar-refractivity contribution is -0.325. The summed E-state index contributed by atoms with van der Waals surface area (Å²) in [4.78, 5) is 74.9. The summed E-state index contributed by atoms with van der Waals surface area (Å²) in [6.07, 6.45) is 6.28. The van der Waals surface area contributed by atoms with Gasteiger partial charge in [0, 0.05) is 259 Å².